The molecule has 0 fully saturated rings. The van der Waals surface area contributed by atoms with Crippen molar-refractivity contribution in [2.75, 3.05) is 5.32 Å². The number of amides is 1. The summed E-state index contributed by atoms with van der Waals surface area (Å²) in [4.78, 5) is 15.7. The normalized spacial score (nSPS) is 11.2. The maximum Gasteiger partial charge on any atom is 0.274 e. The number of amidine groups is 1. The number of anilines is 1. The van der Waals surface area contributed by atoms with Gasteiger partial charge in [-0.25, -0.2) is 4.39 Å². The predicted molar refractivity (Wildman–Crippen MR) is 71.1 cm³/mol. The molecule has 0 unspecified atom stereocenters. The second-order valence-corrected chi connectivity index (χ2v) is 3.85. The van der Waals surface area contributed by atoms with Crippen molar-refractivity contribution in [1.82, 2.24) is 4.98 Å². The number of aromatic nitrogens is 1. The Balaban J connectivity index is 2.21. The van der Waals surface area contributed by atoms with Gasteiger partial charge in [0.05, 0.1) is 5.69 Å². The third-order valence-electron chi connectivity index (χ3n) is 2.52. The predicted octanol–water partition coefficient (Wildman–Crippen LogP) is 1.57. The van der Waals surface area contributed by atoms with Crippen molar-refractivity contribution in [3.63, 3.8) is 0 Å². The summed E-state index contributed by atoms with van der Waals surface area (Å²) in [6.07, 6.45) is 1.47. The van der Waals surface area contributed by atoms with E-state index in [0.717, 1.165) is 6.07 Å². The summed E-state index contributed by atoms with van der Waals surface area (Å²) in [7, 11) is 0. The quantitative estimate of drug-likeness (QED) is 0.342. The van der Waals surface area contributed by atoms with Crippen LogP contribution in [0.25, 0.3) is 0 Å². The van der Waals surface area contributed by atoms with E-state index in [1.807, 2.05) is 0 Å². The molecule has 4 N–H and O–H groups in total. The lowest BCUT2D eigenvalue weighted by Crippen LogP contribution is -2.16. The molecule has 0 aliphatic rings. The Morgan fingerprint density at radius 1 is 1.35 bits per heavy atom. The van der Waals surface area contributed by atoms with Crippen molar-refractivity contribution in [3.05, 3.63) is 59.7 Å². The number of oxime groups is 1. The van der Waals surface area contributed by atoms with Gasteiger partial charge < -0.3 is 16.3 Å². The first kappa shape index (κ1) is 13.5. The molecule has 1 aromatic carbocycles. The first-order valence-electron chi connectivity index (χ1n) is 5.61. The van der Waals surface area contributed by atoms with Crippen LogP contribution in [0, 0.1) is 5.82 Å². The van der Waals surface area contributed by atoms with Gasteiger partial charge in [0.1, 0.15) is 11.5 Å². The van der Waals surface area contributed by atoms with Crippen LogP contribution in [0.15, 0.2) is 47.8 Å². The molecule has 0 atom stereocenters. The first-order chi connectivity index (χ1) is 9.61. The topological polar surface area (TPSA) is 101 Å². The number of nitrogens with two attached hydrogens (primary N) is 1. The summed E-state index contributed by atoms with van der Waals surface area (Å²) in [6, 6.07) is 8.64. The maximum atomic E-state index is 13.8. The average molecular weight is 274 g/mol. The molecule has 0 aliphatic heterocycles. The number of carbonyl (C=O) groups is 1. The summed E-state index contributed by atoms with van der Waals surface area (Å²) in [5.41, 5.74) is 5.71. The van der Waals surface area contributed by atoms with Crippen molar-refractivity contribution in [2.24, 2.45) is 10.9 Å². The van der Waals surface area contributed by atoms with Crippen molar-refractivity contribution in [1.29, 1.82) is 0 Å². The van der Waals surface area contributed by atoms with E-state index in [-0.39, 0.29) is 22.8 Å². The Morgan fingerprint density at radius 2 is 2.15 bits per heavy atom. The fourth-order valence-corrected chi connectivity index (χ4v) is 1.52. The van der Waals surface area contributed by atoms with Gasteiger partial charge in [-0.1, -0.05) is 11.2 Å². The van der Waals surface area contributed by atoms with E-state index in [2.05, 4.69) is 15.5 Å². The van der Waals surface area contributed by atoms with Crippen LogP contribution in [0.2, 0.25) is 0 Å². The number of hydrogen-bond donors (Lipinski definition) is 3. The third-order valence-corrected chi connectivity index (χ3v) is 2.52. The van der Waals surface area contributed by atoms with Gasteiger partial charge in [0.15, 0.2) is 5.84 Å². The molecule has 0 radical (unpaired) electrons. The zero-order valence-electron chi connectivity index (χ0n) is 10.2. The highest BCUT2D eigenvalue weighted by Gasteiger charge is 2.11. The molecule has 1 amide bonds. The maximum absolute atomic E-state index is 13.8. The lowest BCUT2D eigenvalue weighted by molar-refractivity contribution is 0.102. The van der Waals surface area contributed by atoms with Crippen LogP contribution in [0.4, 0.5) is 10.1 Å². The molecule has 20 heavy (non-hydrogen) atoms. The van der Waals surface area contributed by atoms with E-state index in [9.17, 15) is 9.18 Å². The zero-order chi connectivity index (χ0) is 14.5. The first-order valence-corrected chi connectivity index (χ1v) is 5.61. The number of benzene rings is 1. The summed E-state index contributed by atoms with van der Waals surface area (Å²) >= 11 is 0. The molecule has 102 valence electrons. The fourth-order valence-electron chi connectivity index (χ4n) is 1.52. The Bertz CT molecular complexity index is 659. The van der Waals surface area contributed by atoms with Gasteiger partial charge in [-0.2, -0.15) is 0 Å². The number of halogens is 1. The monoisotopic (exact) mass is 274 g/mol. The highest BCUT2D eigenvalue weighted by atomic mass is 19.1. The molecule has 2 aromatic rings. The van der Waals surface area contributed by atoms with Crippen LogP contribution in [0.3, 0.4) is 0 Å². The van der Waals surface area contributed by atoms with Gasteiger partial charge in [-0.15, -0.1) is 0 Å². The van der Waals surface area contributed by atoms with E-state index in [1.165, 1.54) is 24.4 Å². The van der Waals surface area contributed by atoms with E-state index in [1.54, 1.807) is 12.1 Å². The van der Waals surface area contributed by atoms with Crippen LogP contribution in [-0.2, 0) is 0 Å². The summed E-state index contributed by atoms with van der Waals surface area (Å²) in [5, 5.41) is 13.7. The SMILES string of the molecule is N/C(=N/O)c1ccc(NC(=O)c2ccccn2)c(F)c1. The van der Waals surface area contributed by atoms with Gasteiger partial charge in [-0.3, -0.25) is 9.78 Å². The van der Waals surface area contributed by atoms with Gasteiger partial charge in [0, 0.05) is 11.8 Å². The number of carbonyl (C=O) groups excluding carboxylic acids is 1. The lowest BCUT2D eigenvalue weighted by Gasteiger charge is -2.07. The van der Waals surface area contributed by atoms with Crippen LogP contribution in [0.5, 0.6) is 0 Å². The van der Waals surface area contributed by atoms with E-state index in [0.29, 0.717) is 0 Å². The van der Waals surface area contributed by atoms with Crippen LogP contribution >= 0.6 is 0 Å². The Labute approximate surface area is 113 Å². The average Bonchev–Trinajstić information content (AvgIpc) is 2.49. The smallest absolute Gasteiger partial charge is 0.274 e. The largest absolute Gasteiger partial charge is 0.409 e. The highest BCUT2D eigenvalue weighted by molar-refractivity contribution is 6.03. The molecular weight excluding hydrogens is 263 g/mol. The van der Waals surface area contributed by atoms with Crippen molar-refractivity contribution in [2.45, 2.75) is 0 Å². The molecule has 0 spiro atoms. The fraction of sp³-hybridized carbons (Fsp3) is 0. The van der Waals surface area contributed by atoms with Crippen molar-refractivity contribution < 1.29 is 14.4 Å². The number of rotatable bonds is 3. The number of nitrogens with zero attached hydrogens (tertiary/aromatic N) is 2. The second-order valence-electron chi connectivity index (χ2n) is 3.85. The minimum atomic E-state index is -0.696. The summed E-state index contributed by atoms with van der Waals surface area (Å²) in [5.74, 6) is -1.44. The molecule has 0 bridgehead atoms. The van der Waals surface area contributed by atoms with Gasteiger partial charge in [0.25, 0.3) is 5.91 Å². The van der Waals surface area contributed by atoms with Crippen LogP contribution in [0.1, 0.15) is 16.1 Å². The number of nitrogens with one attached hydrogen (secondary N) is 1. The molecule has 1 heterocycles. The van der Waals surface area contributed by atoms with E-state index < -0.39 is 11.7 Å². The van der Waals surface area contributed by atoms with Crippen molar-refractivity contribution >= 4 is 17.4 Å². The van der Waals surface area contributed by atoms with Crippen molar-refractivity contribution in [3.8, 4) is 0 Å². The highest BCUT2D eigenvalue weighted by Crippen LogP contribution is 2.16. The molecule has 0 aliphatic carbocycles. The molecular formula is C13H11FN4O2. The molecule has 1 aromatic heterocycles. The van der Waals surface area contributed by atoms with Gasteiger partial charge >= 0.3 is 0 Å². The molecule has 0 saturated heterocycles. The summed E-state index contributed by atoms with van der Waals surface area (Å²) in [6.45, 7) is 0. The molecule has 0 saturated carbocycles. The minimum Gasteiger partial charge on any atom is -0.409 e. The van der Waals surface area contributed by atoms with Crippen LogP contribution in [-0.4, -0.2) is 21.9 Å². The lowest BCUT2D eigenvalue weighted by atomic mass is 10.2. The molecule has 6 nitrogen and oxygen atoms in total. The molecule has 2 rings (SSSR count). The Kier molecular flexibility index (Phi) is 3.90. The second kappa shape index (κ2) is 5.79. The third kappa shape index (κ3) is 2.89. The standard InChI is InChI=1S/C13H11FN4O2/c14-9-7-8(12(15)18-20)4-5-10(9)17-13(19)11-3-1-2-6-16-11/h1-7,20H,(H2,15,18)(H,17,19). The Hall–Kier alpha value is -2.96. The minimum absolute atomic E-state index is 0.0184. The number of hydrogen-bond acceptors (Lipinski definition) is 4. The zero-order valence-corrected chi connectivity index (χ0v) is 10.2. The van der Waals surface area contributed by atoms with Crippen LogP contribution < -0.4 is 11.1 Å². The molecule has 7 heteroatoms. The van der Waals surface area contributed by atoms with Gasteiger partial charge in [0.2, 0.25) is 0 Å². The van der Waals surface area contributed by atoms with Gasteiger partial charge in [-0.05, 0) is 30.3 Å². The van der Waals surface area contributed by atoms with E-state index >= 15 is 0 Å². The van der Waals surface area contributed by atoms with E-state index in [4.69, 9.17) is 10.9 Å². The summed E-state index contributed by atoms with van der Waals surface area (Å²) < 4.78 is 13.8. The number of pyridine rings is 1. The Morgan fingerprint density at radius 3 is 2.75 bits per heavy atom.